The van der Waals surface area contributed by atoms with Gasteiger partial charge in [-0.3, -0.25) is 0 Å². The molecule has 1 amide bonds. The molecule has 0 atom stereocenters. The molecule has 5 nitrogen and oxygen atoms in total. The number of hydrogen-bond acceptors (Lipinski definition) is 7. The van der Waals surface area contributed by atoms with Crippen molar-refractivity contribution in [3.63, 3.8) is 0 Å². The van der Waals surface area contributed by atoms with Gasteiger partial charge in [-0.15, -0.1) is 37.3 Å². The molecule has 1 aromatic heterocycles. The molecule has 35 heavy (non-hydrogen) atoms. The molecule has 0 fully saturated rings. The summed E-state index contributed by atoms with van der Waals surface area (Å²) in [6.45, 7) is 20.6. The molecule has 0 aliphatic rings. The first-order valence-corrected chi connectivity index (χ1v) is 13.9. The molecule has 0 unspecified atom stereocenters. The van der Waals surface area contributed by atoms with Crippen LogP contribution in [0.1, 0.15) is 34.1 Å². The number of aromatic nitrogens is 1. The second kappa shape index (κ2) is 22.3. The van der Waals surface area contributed by atoms with Crippen LogP contribution in [0.15, 0.2) is 64.9 Å². The maximum absolute atomic E-state index is 11.1. The summed E-state index contributed by atoms with van der Waals surface area (Å²) in [5.41, 5.74) is 2.17. The Balaban J connectivity index is 0. The Bertz CT molecular complexity index is 907. The largest absolute Gasteiger partial charge is 0.453 e. The summed E-state index contributed by atoms with van der Waals surface area (Å²) in [6.07, 6.45) is 14.5. The molecule has 1 N–H and O–H groups in total. The van der Waals surface area contributed by atoms with Crippen molar-refractivity contribution in [2.45, 2.75) is 43.4 Å². The summed E-state index contributed by atoms with van der Waals surface area (Å²) in [4.78, 5) is 16.9. The van der Waals surface area contributed by atoms with Crippen LogP contribution in [-0.2, 0) is 4.74 Å². The Morgan fingerprint density at radius 1 is 1.34 bits per heavy atom. The zero-order valence-corrected chi connectivity index (χ0v) is 24.5. The number of benzene rings is 1. The average Bonchev–Trinajstić information content (AvgIpc) is 3.26. The van der Waals surface area contributed by atoms with Gasteiger partial charge >= 0.3 is 6.09 Å². The van der Waals surface area contributed by atoms with E-state index in [1.54, 1.807) is 35.0 Å². The molecular weight excluding hydrogens is 495 g/mol. The number of terminal acetylenes is 1. The second-order valence-electron chi connectivity index (χ2n) is 7.30. The SMILES string of the molecule is C#C.C=C.C=C(C)/C=C\C.COC(=O)NCCCN(CC(C)C)Sc1ccc2nc(SC)sc2c1. The zero-order chi connectivity index (χ0) is 27.2. The van der Waals surface area contributed by atoms with E-state index in [0.717, 1.165) is 34.9 Å². The van der Waals surface area contributed by atoms with Gasteiger partial charge in [-0.25, -0.2) is 14.1 Å². The van der Waals surface area contributed by atoms with Gasteiger partial charge in [-0.1, -0.05) is 49.9 Å². The van der Waals surface area contributed by atoms with Crippen molar-refractivity contribution in [3.05, 3.63) is 55.7 Å². The van der Waals surface area contributed by atoms with E-state index < -0.39 is 0 Å². The number of thiazole rings is 1. The molecule has 0 aliphatic carbocycles. The molecule has 0 radical (unpaired) electrons. The number of methoxy groups -OCH3 is 1. The molecule has 8 heteroatoms. The minimum atomic E-state index is -0.372. The lowest BCUT2D eigenvalue weighted by atomic mass is 10.2. The van der Waals surface area contributed by atoms with E-state index >= 15 is 0 Å². The highest BCUT2D eigenvalue weighted by Gasteiger charge is 2.11. The fraction of sp³-hybridized carbons (Fsp3) is 0.407. The van der Waals surface area contributed by atoms with Crippen molar-refractivity contribution in [1.82, 2.24) is 14.6 Å². The van der Waals surface area contributed by atoms with E-state index in [4.69, 9.17) is 0 Å². The van der Waals surface area contributed by atoms with Crippen LogP contribution < -0.4 is 5.32 Å². The molecular formula is C27H41N3O2S3. The van der Waals surface area contributed by atoms with E-state index in [0.29, 0.717) is 12.5 Å². The number of amides is 1. The lowest BCUT2D eigenvalue weighted by molar-refractivity contribution is 0.170. The normalized spacial score (nSPS) is 10.0. The predicted molar refractivity (Wildman–Crippen MR) is 159 cm³/mol. The fourth-order valence-electron chi connectivity index (χ4n) is 2.56. The van der Waals surface area contributed by atoms with Gasteiger partial charge in [0.2, 0.25) is 0 Å². The number of rotatable bonds is 10. The summed E-state index contributed by atoms with van der Waals surface area (Å²) >= 11 is 5.20. The minimum absolute atomic E-state index is 0.372. The predicted octanol–water partition coefficient (Wildman–Crippen LogP) is 7.92. The third-order valence-corrected chi connectivity index (χ3v) is 6.87. The number of nitrogens with zero attached hydrogens (tertiary/aromatic N) is 2. The van der Waals surface area contributed by atoms with E-state index in [2.05, 4.69) is 90.2 Å². The van der Waals surface area contributed by atoms with Gasteiger partial charge in [-0.2, -0.15) is 0 Å². The quantitative estimate of drug-likeness (QED) is 0.0833. The van der Waals surface area contributed by atoms with Crippen molar-refractivity contribution in [2.75, 3.05) is 33.0 Å². The average molecular weight is 536 g/mol. The monoisotopic (exact) mass is 535 g/mol. The smallest absolute Gasteiger partial charge is 0.406 e. The number of carbonyl (C=O) groups excluding carboxylic acids is 1. The third-order valence-electron chi connectivity index (χ3n) is 3.81. The Morgan fingerprint density at radius 3 is 2.49 bits per heavy atom. The molecule has 1 heterocycles. The van der Waals surface area contributed by atoms with Crippen LogP contribution in [-0.4, -0.2) is 48.4 Å². The summed E-state index contributed by atoms with van der Waals surface area (Å²) in [7, 11) is 1.38. The van der Waals surface area contributed by atoms with E-state index in [1.807, 2.05) is 26.0 Å². The maximum Gasteiger partial charge on any atom is 0.406 e. The van der Waals surface area contributed by atoms with Crippen molar-refractivity contribution < 1.29 is 9.53 Å². The number of thioether (sulfide) groups is 1. The molecule has 0 bridgehead atoms. The van der Waals surface area contributed by atoms with Gasteiger partial charge < -0.3 is 10.1 Å². The number of nitrogens with one attached hydrogen (secondary N) is 1. The first-order valence-electron chi connectivity index (χ1n) is 11.1. The Hall–Kier alpha value is -2.18. The van der Waals surface area contributed by atoms with Crippen molar-refractivity contribution in [3.8, 4) is 12.8 Å². The van der Waals surface area contributed by atoms with Crippen LogP contribution in [0, 0.1) is 18.8 Å². The van der Waals surface area contributed by atoms with Gasteiger partial charge in [0.05, 0.1) is 17.3 Å². The van der Waals surface area contributed by atoms with Crippen LogP contribution in [0.25, 0.3) is 10.2 Å². The van der Waals surface area contributed by atoms with Gasteiger partial charge in [0.25, 0.3) is 0 Å². The summed E-state index contributed by atoms with van der Waals surface area (Å²) in [6, 6.07) is 6.45. The molecule has 0 aliphatic heterocycles. The number of hydrogen-bond donors (Lipinski definition) is 1. The van der Waals surface area contributed by atoms with E-state index in [1.165, 1.54) is 16.7 Å². The van der Waals surface area contributed by atoms with Gasteiger partial charge in [-0.05, 0) is 62.6 Å². The second-order valence-corrected chi connectivity index (χ2v) is 10.6. The van der Waals surface area contributed by atoms with Crippen molar-refractivity contribution >= 4 is 51.4 Å². The fourth-order valence-corrected chi connectivity index (χ4v) is 5.35. The van der Waals surface area contributed by atoms with Crippen LogP contribution in [0.3, 0.4) is 0 Å². The Morgan fingerprint density at radius 2 is 2.00 bits per heavy atom. The standard InChI is InChI=1S/C17H25N3O2S3.C6H10.C2H4.C2H2/c1-12(2)11-20(9-5-8-18-16(21)22-3)25-13-6-7-14-15(10-13)24-17(19-14)23-4;1-4-5-6(2)3;2*1-2/h6-7,10,12H,5,8-9,11H2,1-4H3,(H,18,21);4-5H,2H2,1,3H3;1-2H2;1-2H/b;5-4-;;. The summed E-state index contributed by atoms with van der Waals surface area (Å²) in [5.74, 6) is 0.580. The summed E-state index contributed by atoms with van der Waals surface area (Å²) in [5, 5.41) is 2.73. The highest BCUT2D eigenvalue weighted by molar-refractivity contribution is 8.00. The van der Waals surface area contributed by atoms with Crippen molar-refractivity contribution in [2.24, 2.45) is 5.92 Å². The highest BCUT2D eigenvalue weighted by atomic mass is 32.2. The first kappa shape index (κ1) is 35.0. The van der Waals surface area contributed by atoms with Crippen LogP contribution in [0.2, 0.25) is 0 Å². The number of carbonyl (C=O) groups is 1. The third kappa shape index (κ3) is 17.0. The molecule has 0 saturated carbocycles. The van der Waals surface area contributed by atoms with Crippen molar-refractivity contribution in [1.29, 1.82) is 0 Å². The lowest BCUT2D eigenvalue weighted by Gasteiger charge is -2.23. The minimum Gasteiger partial charge on any atom is -0.453 e. The maximum atomic E-state index is 11.1. The number of ether oxygens (including phenoxy) is 1. The molecule has 0 saturated heterocycles. The van der Waals surface area contributed by atoms with Gasteiger partial charge in [0.15, 0.2) is 4.34 Å². The Labute approximate surface area is 225 Å². The van der Waals surface area contributed by atoms with Crippen LogP contribution in [0.4, 0.5) is 4.79 Å². The molecule has 2 aromatic rings. The number of alkyl carbamates (subject to hydrolysis) is 1. The molecule has 194 valence electrons. The van der Waals surface area contributed by atoms with Crippen LogP contribution in [0.5, 0.6) is 0 Å². The molecule has 2 rings (SSSR count). The van der Waals surface area contributed by atoms with Crippen LogP contribution >= 0.6 is 35.0 Å². The Kier molecular flexibility index (Phi) is 22.3. The highest BCUT2D eigenvalue weighted by Crippen LogP contribution is 2.32. The summed E-state index contributed by atoms with van der Waals surface area (Å²) < 4.78 is 9.29. The van der Waals surface area contributed by atoms with Gasteiger partial charge in [0, 0.05) is 24.5 Å². The number of fused-ring (bicyclic) bond motifs is 1. The zero-order valence-electron chi connectivity index (χ0n) is 22.0. The first-order chi connectivity index (χ1) is 16.8. The molecule has 1 aromatic carbocycles. The van der Waals surface area contributed by atoms with Gasteiger partial charge in [0.1, 0.15) is 0 Å². The molecule has 0 spiro atoms. The number of allylic oxidation sites excluding steroid dienone is 3. The van der Waals surface area contributed by atoms with E-state index in [9.17, 15) is 4.79 Å². The lowest BCUT2D eigenvalue weighted by Crippen LogP contribution is -2.28. The topological polar surface area (TPSA) is 54.5 Å². The van der Waals surface area contributed by atoms with E-state index in [-0.39, 0.29) is 6.09 Å².